The smallest absolute Gasteiger partial charge is 0.426 e. The zero-order chi connectivity index (χ0) is 33.7. The molecule has 0 heterocycles. The molecule has 0 bridgehead atoms. The van der Waals surface area contributed by atoms with Gasteiger partial charge in [0, 0.05) is 17.2 Å². The Labute approximate surface area is 266 Å². The second kappa shape index (κ2) is 16.6. The molecule has 10 heteroatoms. The van der Waals surface area contributed by atoms with Crippen LogP contribution < -0.4 is 9.47 Å². The Bertz CT molecular complexity index is 1370. The van der Waals surface area contributed by atoms with Crippen LogP contribution in [0.1, 0.15) is 61.8 Å². The highest BCUT2D eigenvalue weighted by atomic mass is 19.3. The maximum absolute atomic E-state index is 14.9. The number of ether oxygens (including phenoxy) is 4. The molecule has 0 unspecified atom stereocenters. The van der Waals surface area contributed by atoms with Crippen LogP contribution >= 0.6 is 0 Å². The predicted molar refractivity (Wildman–Crippen MR) is 166 cm³/mol. The molecule has 246 valence electrons. The minimum atomic E-state index is -3.74. The van der Waals surface area contributed by atoms with Gasteiger partial charge in [0.1, 0.15) is 11.5 Å². The van der Waals surface area contributed by atoms with Gasteiger partial charge in [0.2, 0.25) is 0 Å². The highest BCUT2D eigenvalue weighted by molar-refractivity contribution is 5.87. The highest BCUT2D eigenvalue weighted by Crippen LogP contribution is 2.36. The highest BCUT2D eigenvalue weighted by Gasteiger charge is 2.36. The summed E-state index contributed by atoms with van der Waals surface area (Å²) in [6, 6.07) is 15.9. The lowest BCUT2D eigenvalue weighted by atomic mass is 10.1. The lowest BCUT2D eigenvalue weighted by Crippen LogP contribution is -2.23. The van der Waals surface area contributed by atoms with Crippen molar-refractivity contribution in [2.24, 2.45) is 0 Å². The molecule has 0 fully saturated rings. The van der Waals surface area contributed by atoms with Crippen LogP contribution in [-0.2, 0) is 44.1 Å². The van der Waals surface area contributed by atoms with E-state index < -0.39 is 35.3 Å². The molecule has 0 aliphatic carbocycles. The summed E-state index contributed by atoms with van der Waals surface area (Å²) in [4.78, 5) is 22.8. The molecule has 0 saturated carbocycles. The van der Waals surface area contributed by atoms with Crippen molar-refractivity contribution in [1.82, 2.24) is 0 Å². The van der Waals surface area contributed by atoms with Crippen molar-refractivity contribution < 1.29 is 46.1 Å². The number of esters is 2. The number of unbranched alkanes of at least 4 members (excludes halogenated alkanes) is 2. The summed E-state index contributed by atoms with van der Waals surface area (Å²) >= 11 is 0. The summed E-state index contributed by atoms with van der Waals surface area (Å²) in [5.74, 6) is -1.60. The summed E-state index contributed by atoms with van der Waals surface area (Å²) in [6.07, 6.45) is -3.68. The molecule has 0 saturated heterocycles. The van der Waals surface area contributed by atoms with Gasteiger partial charge in [0.15, 0.2) is 0 Å². The van der Waals surface area contributed by atoms with E-state index in [9.17, 15) is 27.2 Å². The molecular formula is C36H38F4O6. The van der Waals surface area contributed by atoms with Crippen molar-refractivity contribution in [2.75, 3.05) is 13.2 Å². The minimum Gasteiger partial charge on any atom is -0.462 e. The monoisotopic (exact) mass is 642 g/mol. The molecule has 0 radical (unpaired) electrons. The van der Waals surface area contributed by atoms with Crippen LogP contribution in [0.15, 0.2) is 97.1 Å². The Morgan fingerprint density at radius 3 is 1.33 bits per heavy atom. The number of carbonyl (C=O) groups excluding carboxylic acids is 2. The Morgan fingerprint density at radius 2 is 0.978 bits per heavy atom. The van der Waals surface area contributed by atoms with Crippen molar-refractivity contribution in [3.8, 4) is 11.5 Å². The van der Waals surface area contributed by atoms with Crippen molar-refractivity contribution in [3.05, 3.63) is 119 Å². The molecule has 0 aromatic heterocycles. The number of alkyl halides is 4. The molecule has 3 aromatic rings. The van der Waals surface area contributed by atoms with Crippen molar-refractivity contribution in [3.63, 3.8) is 0 Å². The molecule has 3 rings (SSSR count). The minimum absolute atomic E-state index is 0.246. The molecule has 6 nitrogen and oxygen atoms in total. The van der Waals surface area contributed by atoms with Gasteiger partial charge in [-0.3, -0.25) is 0 Å². The number of rotatable bonds is 18. The van der Waals surface area contributed by atoms with E-state index in [-0.39, 0.29) is 24.7 Å². The van der Waals surface area contributed by atoms with Crippen LogP contribution in [0.25, 0.3) is 0 Å². The molecule has 46 heavy (non-hydrogen) atoms. The topological polar surface area (TPSA) is 71.1 Å². The fourth-order valence-corrected chi connectivity index (χ4v) is 4.18. The molecule has 0 aliphatic heterocycles. The number of carbonyl (C=O) groups is 2. The standard InChI is InChI=1S/C36H38F4O6/c1-25(2)33(41)43-22-7-5-10-27-14-18-29(19-15-27)35(37,38)45-31-12-9-13-32(24-31)46-36(39,40)30-20-16-28(17-21-30)11-6-8-23-44-34(42)26(3)4/h9,12-21,24H,1,3,5-8,10-11,22-23H2,2,4H3. The lowest BCUT2D eigenvalue weighted by molar-refractivity contribution is -0.188. The second-order valence-corrected chi connectivity index (χ2v) is 10.9. The van der Waals surface area contributed by atoms with Gasteiger partial charge in [0.05, 0.1) is 24.3 Å². The zero-order valence-electron chi connectivity index (χ0n) is 26.0. The van der Waals surface area contributed by atoms with Crippen LogP contribution in [0.3, 0.4) is 0 Å². The van der Waals surface area contributed by atoms with E-state index in [0.29, 0.717) is 49.7 Å². The SMILES string of the molecule is C=C(C)C(=O)OCCCCc1ccc(C(F)(F)Oc2cccc(OC(F)(F)c3ccc(CCCCOC(=O)C(=C)C)cc3)c2)cc1. The first-order valence-corrected chi connectivity index (χ1v) is 14.8. The van der Waals surface area contributed by atoms with Gasteiger partial charge in [-0.1, -0.05) is 43.5 Å². The molecule has 0 amide bonds. The Kier molecular flexibility index (Phi) is 13.0. The average molecular weight is 643 g/mol. The van der Waals surface area contributed by atoms with Crippen molar-refractivity contribution >= 4 is 11.9 Å². The quantitative estimate of drug-likeness (QED) is 0.0598. The molecule has 0 spiro atoms. The molecule has 3 aromatic carbocycles. The van der Waals surface area contributed by atoms with Crippen molar-refractivity contribution in [2.45, 2.75) is 64.6 Å². The fraction of sp³-hybridized carbons (Fsp3) is 0.333. The Hall–Kier alpha value is -4.60. The van der Waals surface area contributed by atoms with Gasteiger partial charge in [-0.2, -0.15) is 17.6 Å². The van der Waals surface area contributed by atoms with Gasteiger partial charge in [0.25, 0.3) is 0 Å². The van der Waals surface area contributed by atoms with Gasteiger partial charge < -0.3 is 18.9 Å². The van der Waals surface area contributed by atoms with Gasteiger partial charge >= 0.3 is 24.2 Å². The van der Waals surface area contributed by atoms with Crippen LogP contribution in [-0.4, -0.2) is 25.2 Å². The third kappa shape index (κ3) is 11.4. The fourth-order valence-electron chi connectivity index (χ4n) is 4.18. The third-order valence-electron chi connectivity index (χ3n) is 6.76. The van der Waals surface area contributed by atoms with E-state index in [1.165, 1.54) is 42.5 Å². The number of aryl methyl sites for hydroxylation is 2. The first-order valence-electron chi connectivity index (χ1n) is 14.8. The first kappa shape index (κ1) is 35.9. The average Bonchev–Trinajstić information content (AvgIpc) is 3.00. The van der Waals surface area contributed by atoms with E-state index >= 15 is 0 Å². The number of hydrogen-bond donors (Lipinski definition) is 0. The Morgan fingerprint density at radius 1 is 0.609 bits per heavy atom. The number of benzene rings is 3. The first-order chi connectivity index (χ1) is 21.8. The summed E-state index contributed by atoms with van der Waals surface area (Å²) < 4.78 is 79.6. The lowest BCUT2D eigenvalue weighted by Gasteiger charge is -2.21. The van der Waals surface area contributed by atoms with E-state index in [4.69, 9.17) is 18.9 Å². The van der Waals surface area contributed by atoms with Gasteiger partial charge in [-0.25, -0.2) is 9.59 Å². The molecular weight excluding hydrogens is 604 g/mol. The molecule has 0 atom stereocenters. The second-order valence-electron chi connectivity index (χ2n) is 10.9. The van der Waals surface area contributed by atoms with Crippen LogP contribution in [0.5, 0.6) is 11.5 Å². The summed E-state index contributed by atoms with van der Waals surface area (Å²) in [5.41, 5.74) is 1.47. The Balaban J connectivity index is 1.51. The van der Waals surface area contributed by atoms with E-state index in [1.807, 2.05) is 0 Å². The third-order valence-corrected chi connectivity index (χ3v) is 6.76. The largest absolute Gasteiger partial charge is 0.462 e. The summed E-state index contributed by atoms with van der Waals surface area (Å²) in [6.45, 7) is 10.6. The van der Waals surface area contributed by atoms with Gasteiger partial charge in [-0.15, -0.1) is 0 Å². The van der Waals surface area contributed by atoms with Crippen LogP contribution in [0.2, 0.25) is 0 Å². The zero-order valence-corrected chi connectivity index (χ0v) is 26.0. The van der Waals surface area contributed by atoms with E-state index in [0.717, 1.165) is 17.2 Å². The van der Waals surface area contributed by atoms with Gasteiger partial charge in [-0.05, 0) is 99.9 Å². The van der Waals surface area contributed by atoms with Crippen LogP contribution in [0, 0.1) is 0 Å². The predicted octanol–water partition coefficient (Wildman–Crippen LogP) is 8.83. The number of halogens is 4. The maximum Gasteiger partial charge on any atom is 0.426 e. The van der Waals surface area contributed by atoms with Crippen LogP contribution in [0.4, 0.5) is 17.6 Å². The molecule has 0 N–H and O–H groups in total. The van der Waals surface area contributed by atoms with Crippen molar-refractivity contribution in [1.29, 1.82) is 0 Å². The summed E-state index contributed by atoms with van der Waals surface area (Å²) in [5, 5.41) is 0. The van der Waals surface area contributed by atoms with E-state index in [2.05, 4.69) is 13.2 Å². The summed E-state index contributed by atoms with van der Waals surface area (Å²) in [7, 11) is 0. The number of hydrogen-bond acceptors (Lipinski definition) is 6. The molecule has 0 aliphatic rings. The normalized spacial score (nSPS) is 11.4. The maximum atomic E-state index is 14.9. The van der Waals surface area contributed by atoms with E-state index in [1.54, 1.807) is 38.1 Å².